The third-order valence-electron chi connectivity index (χ3n) is 4.86. The van der Waals surface area contributed by atoms with Gasteiger partial charge in [0.2, 0.25) is 0 Å². The van der Waals surface area contributed by atoms with E-state index >= 15 is 0 Å². The van der Waals surface area contributed by atoms with Crippen molar-refractivity contribution in [2.75, 3.05) is 19.0 Å². The number of hydrogen-bond donors (Lipinski definition) is 2. The molecule has 8 nitrogen and oxygen atoms in total. The Morgan fingerprint density at radius 1 is 1.13 bits per heavy atom. The molecule has 9 heteroatoms. The molecule has 0 saturated heterocycles. The number of hydrogen-bond acceptors (Lipinski definition) is 6. The second kappa shape index (κ2) is 7.43. The highest BCUT2D eigenvalue weighted by Gasteiger charge is 2.14. The maximum absolute atomic E-state index is 14.0. The topological polar surface area (TPSA) is 93.5 Å². The van der Waals surface area contributed by atoms with Gasteiger partial charge in [0.15, 0.2) is 11.5 Å². The van der Waals surface area contributed by atoms with Crippen molar-refractivity contribution in [3.8, 4) is 11.4 Å². The van der Waals surface area contributed by atoms with Crippen LogP contribution >= 0.6 is 0 Å². The van der Waals surface area contributed by atoms with E-state index in [9.17, 15) is 4.39 Å². The predicted octanol–water partition coefficient (Wildman–Crippen LogP) is 3.49. The molecule has 0 aliphatic rings. The summed E-state index contributed by atoms with van der Waals surface area (Å²) < 4.78 is 21.3. The Kier molecular flexibility index (Phi) is 4.47. The van der Waals surface area contributed by atoms with Gasteiger partial charge in [-0.3, -0.25) is 4.57 Å². The number of ether oxygens (including phenoxy) is 1. The summed E-state index contributed by atoms with van der Waals surface area (Å²) in [5.74, 6) is 1.88. The zero-order valence-electron chi connectivity index (χ0n) is 16.1. The van der Waals surface area contributed by atoms with Crippen LogP contribution in [0.25, 0.3) is 27.9 Å². The molecule has 150 valence electrons. The molecule has 0 fully saturated rings. The summed E-state index contributed by atoms with van der Waals surface area (Å²) in [5.41, 5.74) is 3.64. The van der Waals surface area contributed by atoms with Gasteiger partial charge in [0.1, 0.15) is 29.2 Å². The fourth-order valence-electron chi connectivity index (χ4n) is 3.50. The molecule has 0 aliphatic heterocycles. The van der Waals surface area contributed by atoms with E-state index in [2.05, 4.69) is 25.3 Å². The van der Waals surface area contributed by atoms with Gasteiger partial charge >= 0.3 is 0 Å². The molecule has 0 aliphatic carbocycles. The summed E-state index contributed by atoms with van der Waals surface area (Å²) >= 11 is 0. The van der Waals surface area contributed by atoms with Crippen molar-refractivity contribution in [3.05, 3.63) is 66.8 Å². The molecule has 5 rings (SSSR count). The van der Waals surface area contributed by atoms with E-state index in [1.807, 2.05) is 28.8 Å². The molecule has 0 radical (unpaired) electrons. The Balaban J connectivity index is 1.49. The second-order valence-corrected chi connectivity index (χ2v) is 6.70. The molecule has 0 spiro atoms. The lowest BCUT2D eigenvalue weighted by Gasteiger charge is -2.11. The molecular weight excluding hydrogens is 385 g/mol. The number of methoxy groups -OCH3 is 1. The van der Waals surface area contributed by atoms with Gasteiger partial charge in [-0.15, -0.1) is 0 Å². The van der Waals surface area contributed by atoms with E-state index in [0.717, 1.165) is 28.3 Å². The normalized spacial score (nSPS) is 11.3. The van der Waals surface area contributed by atoms with Crippen molar-refractivity contribution < 1.29 is 9.13 Å². The van der Waals surface area contributed by atoms with E-state index in [1.165, 1.54) is 18.5 Å². The number of H-pyrrole nitrogens is 1. The highest BCUT2D eigenvalue weighted by atomic mass is 19.1. The van der Waals surface area contributed by atoms with Crippen molar-refractivity contribution in [2.45, 2.75) is 6.42 Å². The molecule has 0 unspecified atom stereocenters. The van der Waals surface area contributed by atoms with Crippen molar-refractivity contribution in [3.63, 3.8) is 0 Å². The Bertz CT molecular complexity index is 1340. The molecule has 0 amide bonds. The zero-order valence-corrected chi connectivity index (χ0v) is 16.1. The van der Waals surface area contributed by atoms with Gasteiger partial charge in [-0.1, -0.05) is 6.07 Å². The predicted molar refractivity (Wildman–Crippen MR) is 111 cm³/mol. The number of benzene rings is 2. The highest BCUT2D eigenvalue weighted by Crippen LogP contribution is 2.25. The van der Waals surface area contributed by atoms with E-state index in [1.54, 1.807) is 19.5 Å². The summed E-state index contributed by atoms with van der Waals surface area (Å²) in [6.45, 7) is 0.570. The molecular formula is C21H18FN7O. The van der Waals surface area contributed by atoms with Crippen molar-refractivity contribution in [1.82, 2.24) is 29.5 Å². The van der Waals surface area contributed by atoms with Gasteiger partial charge < -0.3 is 15.0 Å². The minimum Gasteiger partial charge on any atom is -0.497 e. The van der Waals surface area contributed by atoms with E-state index < -0.39 is 0 Å². The van der Waals surface area contributed by atoms with Crippen LogP contribution in [0.5, 0.6) is 5.75 Å². The van der Waals surface area contributed by atoms with Crippen LogP contribution in [0.3, 0.4) is 0 Å². The third-order valence-corrected chi connectivity index (χ3v) is 4.86. The first-order chi connectivity index (χ1) is 14.7. The molecule has 5 aromatic rings. The lowest BCUT2D eigenvalue weighted by atomic mass is 10.2. The average molecular weight is 403 g/mol. The van der Waals surface area contributed by atoms with E-state index in [4.69, 9.17) is 9.72 Å². The second-order valence-electron chi connectivity index (χ2n) is 6.70. The smallest absolute Gasteiger partial charge is 0.182 e. The Labute approximate surface area is 170 Å². The average Bonchev–Trinajstić information content (AvgIpc) is 3.38. The van der Waals surface area contributed by atoms with Crippen LogP contribution in [0.15, 0.2) is 55.1 Å². The first kappa shape index (κ1) is 18.0. The zero-order chi connectivity index (χ0) is 20.5. The van der Waals surface area contributed by atoms with E-state index in [0.29, 0.717) is 29.9 Å². The molecule has 2 aromatic carbocycles. The van der Waals surface area contributed by atoms with Crippen LogP contribution < -0.4 is 10.1 Å². The SMILES string of the molecule is COc1cccc(-n2c(CCNc3ncnc4nc[nH]c34)nc3ccc(F)cc32)c1. The molecule has 3 heterocycles. The van der Waals surface area contributed by atoms with Crippen LogP contribution in [0.1, 0.15) is 5.82 Å². The third kappa shape index (κ3) is 3.20. The summed E-state index contributed by atoms with van der Waals surface area (Å²) in [6.07, 6.45) is 3.65. The molecule has 2 N–H and O–H groups in total. The van der Waals surface area contributed by atoms with Crippen LogP contribution in [0, 0.1) is 5.82 Å². The van der Waals surface area contributed by atoms with Gasteiger partial charge in [0.05, 0.1) is 30.2 Å². The largest absolute Gasteiger partial charge is 0.497 e. The van der Waals surface area contributed by atoms with Gasteiger partial charge in [-0.05, 0) is 24.3 Å². The van der Waals surface area contributed by atoms with Crippen LogP contribution in [-0.4, -0.2) is 43.1 Å². The standard InChI is InChI=1S/C21H18FN7O/c1-30-15-4-2-3-14(10-15)29-17-9-13(22)5-6-16(17)28-18(29)7-8-23-20-19-21(25-11-24-19)27-12-26-20/h2-6,9-12H,7-8H2,1H3,(H2,23,24,25,26,27). The Hall–Kier alpha value is -4.01. The van der Waals surface area contributed by atoms with Crippen LogP contribution in [0.4, 0.5) is 10.2 Å². The fourth-order valence-corrected chi connectivity index (χ4v) is 3.50. The quantitative estimate of drug-likeness (QED) is 0.451. The summed E-state index contributed by atoms with van der Waals surface area (Å²) in [6, 6.07) is 12.2. The molecule has 0 atom stereocenters. The lowest BCUT2D eigenvalue weighted by Crippen LogP contribution is -2.11. The molecule has 3 aromatic heterocycles. The maximum atomic E-state index is 14.0. The first-order valence-corrected chi connectivity index (χ1v) is 9.42. The molecule has 0 bridgehead atoms. The number of halogens is 1. The highest BCUT2D eigenvalue weighted by molar-refractivity contribution is 5.82. The lowest BCUT2D eigenvalue weighted by molar-refractivity contribution is 0.414. The van der Waals surface area contributed by atoms with Crippen LogP contribution in [0.2, 0.25) is 0 Å². The van der Waals surface area contributed by atoms with Crippen molar-refractivity contribution >= 4 is 28.0 Å². The first-order valence-electron chi connectivity index (χ1n) is 9.42. The van der Waals surface area contributed by atoms with E-state index in [-0.39, 0.29) is 5.82 Å². The number of nitrogens with zero attached hydrogens (tertiary/aromatic N) is 5. The van der Waals surface area contributed by atoms with Gasteiger partial charge in [-0.2, -0.15) is 0 Å². The number of fused-ring (bicyclic) bond motifs is 2. The summed E-state index contributed by atoms with van der Waals surface area (Å²) in [5, 5.41) is 3.30. The van der Waals surface area contributed by atoms with Crippen LogP contribution in [-0.2, 0) is 6.42 Å². The number of imidazole rings is 2. The molecule has 30 heavy (non-hydrogen) atoms. The Morgan fingerprint density at radius 3 is 2.97 bits per heavy atom. The van der Waals surface area contributed by atoms with Gasteiger partial charge in [-0.25, -0.2) is 24.3 Å². The van der Waals surface area contributed by atoms with Crippen molar-refractivity contribution in [2.24, 2.45) is 0 Å². The monoisotopic (exact) mass is 403 g/mol. The fraction of sp³-hybridized carbons (Fsp3) is 0.143. The van der Waals surface area contributed by atoms with Crippen molar-refractivity contribution in [1.29, 1.82) is 0 Å². The van der Waals surface area contributed by atoms with Gasteiger partial charge in [0, 0.05) is 25.1 Å². The number of anilines is 1. The number of rotatable bonds is 6. The number of aromatic amines is 1. The Morgan fingerprint density at radius 2 is 2.07 bits per heavy atom. The van der Waals surface area contributed by atoms with Gasteiger partial charge in [0.25, 0.3) is 0 Å². The summed E-state index contributed by atoms with van der Waals surface area (Å²) in [7, 11) is 1.62. The number of nitrogens with one attached hydrogen (secondary N) is 2. The minimum atomic E-state index is -0.307. The number of aromatic nitrogens is 6. The maximum Gasteiger partial charge on any atom is 0.182 e. The minimum absolute atomic E-state index is 0.307. The molecule has 0 saturated carbocycles. The summed E-state index contributed by atoms with van der Waals surface area (Å²) in [4.78, 5) is 20.3.